The molecular formula is C21H23FN2O2. The van der Waals surface area contributed by atoms with Crippen molar-refractivity contribution in [3.63, 3.8) is 0 Å². The van der Waals surface area contributed by atoms with Crippen molar-refractivity contribution in [1.82, 2.24) is 9.78 Å². The molecule has 1 heterocycles. The van der Waals surface area contributed by atoms with Gasteiger partial charge in [0.05, 0.1) is 36.1 Å². The summed E-state index contributed by atoms with van der Waals surface area (Å²) in [5.41, 5.74) is 0.768. The van der Waals surface area contributed by atoms with Crippen LogP contribution in [0.3, 0.4) is 0 Å². The summed E-state index contributed by atoms with van der Waals surface area (Å²) in [7, 11) is 0. The van der Waals surface area contributed by atoms with Crippen molar-refractivity contribution in [2.45, 2.75) is 32.7 Å². The molecule has 0 N–H and O–H groups in total. The van der Waals surface area contributed by atoms with Gasteiger partial charge in [-0.15, -0.1) is 0 Å². The quantitative estimate of drug-likeness (QED) is 0.473. The summed E-state index contributed by atoms with van der Waals surface area (Å²) in [5.74, 6) is 0.353. The van der Waals surface area contributed by atoms with Gasteiger partial charge in [-0.1, -0.05) is 30.3 Å². The highest BCUT2D eigenvalue weighted by atomic mass is 19.1. The molecule has 0 bridgehead atoms. The number of aromatic nitrogens is 2. The molecule has 0 saturated carbocycles. The van der Waals surface area contributed by atoms with Crippen molar-refractivity contribution < 1.29 is 13.9 Å². The monoisotopic (exact) mass is 354 g/mol. The molecule has 2 aromatic carbocycles. The van der Waals surface area contributed by atoms with E-state index >= 15 is 0 Å². The number of hydrogen-bond donors (Lipinski definition) is 0. The number of halogens is 1. The van der Waals surface area contributed by atoms with Gasteiger partial charge in [0.1, 0.15) is 5.75 Å². The van der Waals surface area contributed by atoms with E-state index < -0.39 is 6.67 Å². The average Bonchev–Trinajstić information content (AvgIpc) is 3.12. The van der Waals surface area contributed by atoms with Gasteiger partial charge < -0.3 is 4.74 Å². The van der Waals surface area contributed by atoms with Crippen LogP contribution in [0.2, 0.25) is 0 Å². The maximum Gasteiger partial charge on any atom is 0.199 e. The third-order valence-corrected chi connectivity index (χ3v) is 4.18. The molecule has 5 heteroatoms. The molecule has 3 aromatic rings. The van der Waals surface area contributed by atoms with Gasteiger partial charge in [-0.05, 0) is 32.2 Å². The first kappa shape index (κ1) is 18.1. The lowest BCUT2D eigenvalue weighted by molar-refractivity contribution is 0.103. The Morgan fingerprint density at radius 3 is 2.65 bits per heavy atom. The first-order valence-electron chi connectivity index (χ1n) is 8.72. The molecule has 3 rings (SSSR count). The predicted octanol–water partition coefficient (Wildman–Crippen LogP) is 4.76. The summed E-state index contributed by atoms with van der Waals surface area (Å²) >= 11 is 0. The third kappa shape index (κ3) is 3.62. The summed E-state index contributed by atoms with van der Waals surface area (Å²) < 4.78 is 20.1. The Morgan fingerprint density at radius 2 is 1.96 bits per heavy atom. The van der Waals surface area contributed by atoms with Crippen LogP contribution in [0.1, 0.15) is 43.1 Å². The van der Waals surface area contributed by atoms with Crippen LogP contribution in [0, 0.1) is 0 Å². The maximum atomic E-state index is 13.1. The van der Waals surface area contributed by atoms with E-state index in [9.17, 15) is 9.18 Å². The van der Waals surface area contributed by atoms with Gasteiger partial charge in [0.2, 0.25) is 0 Å². The number of fused-ring (bicyclic) bond motifs is 1. The normalized spacial score (nSPS) is 11.7. The van der Waals surface area contributed by atoms with Gasteiger partial charge in [0, 0.05) is 18.0 Å². The maximum absolute atomic E-state index is 13.1. The summed E-state index contributed by atoms with van der Waals surface area (Å²) in [6, 6.07) is 11.4. The number of carbonyl (C=O) groups excluding carboxylic acids is 1. The van der Waals surface area contributed by atoms with Crippen LogP contribution in [0.4, 0.5) is 4.39 Å². The Kier molecular flexibility index (Phi) is 5.07. The fraction of sp³-hybridized carbons (Fsp3) is 0.333. The SMILES string of the molecule is CC(C)(C)n1cc(C(=O)c2ccc3ccccc3c2OCCCF)cn1. The van der Waals surface area contributed by atoms with Crippen molar-refractivity contribution in [3.05, 3.63) is 59.9 Å². The second-order valence-electron chi connectivity index (χ2n) is 7.23. The smallest absolute Gasteiger partial charge is 0.199 e. The molecule has 0 aliphatic carbocycles. The van der Waals surface area contributed by atoms with Gasteiger partial charge in [-0.25, -0.2) is 0 Å². The summed E-state index contributed by atoms with van der Waals surface area (Å²) in [4.78, 5) is 13.1. The van der Waals surface area contributed by atoms with Gasteiger partial charge in [0.15, 0.2) is 5.78 Å². The minimum Gasteiger partial charge on any atom is -0.492 e. The van der Waals surface area contributed by atoms with Crippen molar-refractivity contribution in [2.75, 3.05) is 13.3 Å². The first-order chi connectivity index (χ1) is 12.4. The molecule has 0 saturated heterocycles. The number of ketones is 1. The number of nitrogens with zero attached hydrogens (tertiary/aromatic N) is 2. The molecule has 4 nitrogen and oxygen atoms in total. The van der Waals surface area contributed by atoms with E-state index in [1.54, 1.807) is 23.1 Å². The first-order valence-corrected chi connectivity index (χ1v) is 8.72. The zero-order valence-electron chi connectivity index (χ0n) is 15.3. The largest absolute Gasteiger partial charge is 0.492 e. The molecule has 0 fully saturated rings. The van der Waals surface area contributed by atoms with Crippen LogP contribution in [-0.2, 0) is 5.54 Å². The molecule has 0 aliphatic rings. The minimum atomic E-state index is -0.452. The zero-order valence-corrected chi connectivity index (χ0v) is 15.3. The van der Waals surface area contributed by atoms with E-state index in [0.717, 1.165) is 10.8 Å². The Morgan fingerprint density at radius 1 is 1.19 bits per heavy atom. The van der Waals surface area contributed by atoms with Gasteiger partial charge in [0.25, 0.3) is 0 Å². The molecule has 0 unspecified atom stereocenters. The van der Waals surface area contributed by atoms with E-state index in [-0.39, 0.29) is 17.9 Å². The van der Waals surface area contributed by atoms with Crippen molar-refractivity contribution in [3.8, 4) is 5.75 Å². The predicted molar refractivity (Wildman–Crippen MR) is 101 cm³/mol. The van der Waals surface area contributed by atoms with Gasteiger partial charge in [-0.2, -0.15) is 5.10 Å². The molecule has 26 heavy (non-hydrogen) atoms. The Balaban J connectivity index is 2.04. The molecule has 0 radical (unpaired) electrons. The lowest BCUT2D eigenvalue weighted by Gasteiger charge is -2.18. The lowest BCUT2D eigenvalue weighted by Crippen LogP contribution is -2.22. The third-order valence-electron chi connectivity index (χ3n) is 4.18. The second-order valence-corrected chi connectivity index (χ2v) is 7.23. The number of alkyl halides is 1. The highest BCUT2D eigenvalue weighted by molar-refractivity contribution is 6.13. The minimum absolute atomic E-state index is 0.151. The molecule has 1 aromatic heterocycles. The van der Waals surface area contributed by atoms with E-state index in [1.807, 2.05) is 51.1 Å². The van der Waals surface area contributed by atoms with E-state index in [2.05, 4.69) is 5.10 Å². The number of ether oxygens (including phenoxy) is 1. The lowest BCUT2D eigenvalue weighted by atomic mass is 10.00. The number of rotatable bonds is 6. The van der Waals surface area contributed by atoms with E-state index in [1.165, 1.54) is 0 Å². The average molecular weight is 354 g/mol. The summed E-state index contributed by atoms with van der Waals surface area (Å²) in [6.45, 7) is 5.85. The molecule has 0 atom stereocenters. The van der Waals surface area contributed by atoms with E-state index in [4.69, 9.17) is 4.74 Å². The second kappa shape index (κ2) is 7.28. The van der Waals surface area contributed by atoms with Crippen molar-refractivity contribution >= 4 is 16.6 Å². The fourth-order valence-electron chi connectivity index (χ4n) is 2.77. The van der Waals surface area contributed by atoms with E-state index in [0.29, 0.717) is 23.3 Å². The van der Waals surface area contributed by atoms with Crippen molar-refractivity contribution in [2.24, 2.45) is 0 Å². The van der Waals surface area contributed by atoms with Crippen LogP contribution in [0.15, 0.2) is 48.8 Å². The van der Waals surface area contributed by atoms with Crippen LogP contribution < -0.4 is 4.74 Å². The molecule has 0 amide bonds. The van der Waals surface area contributed by atoms with Crippen LogP contribution >= 0.6 is 0 Å². The van der Waals surface area contributed by atoms with Crippen LogP contribution in [-0.4, -0.2) is 28.8 Å². The number of hydrogen-bond acceptors (Lipinski definition) is 3. The highest BCUT2D eigenvalue weighted by Gasteiger charge is 2.21. The standard InChI is InChI=1S/C21H23FN2O2/c1-21(2,3)24-14-16(13-23-24)19(25)18-10-9-15-7-4-5-8-17(15)20(18)26-12-6-11-22/h4-5,7-10,13-14H,6,11-12H2,1-3H3. The highest BCUT2D eigenvalue weighted by Crippen LogP contribution is 2.32. The zero-order chi connectivity index (χ0) is 18.7. The molecule has 0 aliphatic heterocycles. The van der Waals surface area contributed by atoms with Crippen molar-refractivity contribution in [1.29, 1.82) is 0 Å². The van der Waals surface area contributed by atoms with Gasteiger partial charge in [-0.3, -0.25) is 13.9 Å². The Hall–Kier alpha value is -2.69. The molecule has 0 spiro atoms. The molecular weight excluding hydrogens is 331 g/mol. The summed E-state index contributed by atoms with van der Waals surface area (Å²) in [5, 5.41) is 6.13. The molecule has 136 valence electrons. The Labute approximate surface area is 152 Å². The van der Waals surface area contributed by atoms with Crippen LogP contribution in [0.5, 0.6) is 5.75 Å². The van der Waals surface area contributed by atoms with Gasteiger partial charge >= 0.3 is 0 Å². The fourth-order valence-corrected chi connectivity index (χ4v) is 2.77. The topological polar surface area (TPSA) is 44.1 Å². The van der Waals surface area contributed by atoms with Crippen LogP contribution in [0.25, 0.3) is 10.8 Å². The number of carbonyl (C=O) groups is 1. The number of benzene rings is 2. The Bertz CT molecular complexity index is 925. The summed E-state index contributed by atoms with van der Waals surface area (Å²) in [6.07, 6.45) is 3.62.